The number of aromatic amines is 1. The molecule has 4 N–H and O–H groups in total. The van der Waals surface area contributed by atoms with Crippen LogP contribution in [0.4, 0.5) is 0 Å². The smallest absolute Gasteiger partial charge is 0.104 e. The average molecular weight is 232 g/mol. The van der Waals surface area contributed by atoms with Gasteiger partial charge in [0.1, 0.15) is 5.82 Å². The number of aryl methyl sites for hydroxylation is 1. The summed E-state index contributed by atoms with van der Waals surface area (Å²) in [6.07, 6.45) is 2.09. The molecule has 1 unspecified atom stereocenters. The molecule has 0 amide bonds. The summed E-state index contributed by atoms with van der Waals surface area (Å²) in [4.78, 5) is 7.68. The second-order valence-electron chi connectivity index (χ2n) is 4.37. The van der Waals surface area contributed by atoms with Crippen molar-refractivity contribution in [3.8, 4) is 0 Å². The van der Waals surface area contributed by atoms with Gasteiger partial charge in [0.25, 0.3) is 0 Å². The molecule has 4 heteroatoms. The summed E-state index contributed by atoms with van der Waals surface area (Å²) in [6, 6.07) is 6.75. The summed E-state index contributed by atoms with van der Waals surface area (Å²) in [7, 11) is 1.99. The lowest BCUT2D eigenvalue weighted by Gasteiger charge is -2.16. The molecule has 1 aromatic heterocycles. The highest BCUT2D eigenvalue weighted by atomic mass is 14.9. The molecule has 0 saturated heterocycles. The molecule has 0 aliphatic rings. The minimum atomic E-state index is 0.367. The standard InChI is InChI=1S/C13H20N4/c1-9-16-12-6-5-10(8-13(12)17-9)11(15-2)4-3-7-14/h5-6,8,11,15H,3-4,7,14H2,1-2H3,(H,16,17). The first kappa shape index (κ1) is 12.1. The van der Waals surface area contributed by atoms with E-state index in [9.17, 15) is 0 Å². The molecule has 17 heavy (non-hydrogen) atoms. The molecule has 0 aliphatic carbocycles. The second-order valence-corrected chi connectivity index (χ2v) is 4.37. The van der Waals surface area contributed by atoms with Crippen LogP contribution in [0.25, 0.3) is 11.0 Å². The van der Waals surface area contributed by atoms with Crippen molar-refractivity contribution in [1.82, 2.24) is 15.3 Å². The molecule has 0 saturated carbocycles. The minimum absolute atomic E-state index is 0.367. The zero-order valence-electron chi connectivity index (χ0n) is 10.5. The van der Waals surface area contributed by atoms with Crippen LogP contribution in [0.15, 0.2) is 18.2 Å². The molecule has 1 heterocycles. The van der Waals surface area contributed by atoms with E-state index < -0.39 is 0 Å². The monoisotopic (exact) mass is 232 g/mol. The average Bonchev–Trinajstić information content (AvgIpc) is 2.69. The zero-order valence-corrected chi connectivity index (χ0v) is 10.5. The molecule has 0 spiro atoms. The third-order valence-electron chi connectivity index (χ3n) is 3.07. The fourth-order valence-corrected chi connectivity index (χ4v) is 2.17. The van der Waals surface area contributed by atoms with Crippen LogP contribution in [0.1, 0.15) is 30.3 Å². The Morgan fingerprint density at radius 3 is 3.00 bits per heavy atom. The van der Waals surface area contributed by atoms with E-state index in [1.807, 2.05) is 14.0 Å². The first-order chi connectivity index (χ1) is 8.24. The van der Waals surface area contributed by atoms with Crippen LogP contribution in [0.2, 0.25) is 0 Å². The number of hydrogen-bond donors (Lipinski definition) is 3. The van der Waals surface area contributed by atoms with E-state index in [0.717, 1.165) is 36.2 Å². The molecule has 0 bridgehead atoms. The van der Waals surface area contributed by atoms with Crippen molar-refractivity contribution in [3.63, 3.8) is 0 Å². The van der Waals surface area contributed by atoms with E-state index in [1.165, 1.54) is 5.56 Å². The molecule has 92 valence electrons. The van der Waals surface area contributed by atoms with Crippen LogP contribution < -0.4 is 11.1 Å². The minimum Gasteiger partial charge on any atom is -0.342 e. The van der Waals surface area contributed by atoms with Gasteiger partial charge in [-0.05, 0) is 51.1 Å². The third kappa shape index (κ3) is 2.65. The number of nitrogens with one attached hydrogen (secondary N) is 2. The predicted molar refractivity (Wildman–Crippen MR) is 70.9 cm³/mol. The van der Waals surface area contributed by atoms with Crippen molar-refractivity contribution in [2.75, 3.05) is 13.6 Å². The Kier molecular flexibility index (Phi) is 3.76. The van der Waals surface area contributed by atoms with Gasteiger partial charge in [-0.3, -0.25) is 0 Å². The molecule has 0 aliphatic heterocycles. The first-order valence-corrected chi connectivity index (χ1v) is 6.08. The van der Waals surface area contributed by atoms with E-state index in [-0.39, 0.29) is 0 Å². The van der Waals surface area contributed by atoms with Crippen LogP contribution in [0, 0.1) is 6.92 Å². The number of hydrogen-bond acceptors (Lipinski definition) is 3. The SMILES string of the molecule is CNC(CCCN)c1ccc2nc(C)[nH]c2c1. The molecule has 0 radical (unpaired) electrons. The number of benzene rings is 1. The molecular weight excluding hydrogens is 212 g/mol. The Morgan fingerprint density at radius 1 is 1.47 bits per heavy atom. The van der Waals surface area contributed by atoms with E-state index in [2.05, 4.69) is 33.5 Å². The topological polar surface area (TPSA) is 66.7 Å². The van der Waals surface area contributed by atoms with Gasteiger partial charge < -0.3 is 16.0 Å². The normalized spacial score (nSPS) is 13.1. The van der Waals surface area contributed by atoms with Crippen molar-refractivity contribution in [2.45, 2.75) is 25.8 Å². The largest absolute Gasteiger partial charge is 0.342 e. The van der Waals surface area contributed by atoms with Crippen molar-refractivity contribution in [3.05, 3.63) is 29.6 Å². The van der Waals surface area contributed by atoms with Crippen LogP contribution in [0.5, 0.6) is 0 Å². The summed E-state index contributed by atoms with van der Waals surface area (Å²) < 4.78 is 0. The highest BCUT2D eigenvalue weighted by Gasteiger charge is 2.10. The molecule has 4 nitrogen and oxygen atoms in total. The first-order valence-electron chi connectivity index (χ1n) is 6.08. The Labute approximate surface area is 102 Å². The summed E-state index contributed by atoms with van der Waals surface area (Å²) in [5.41, 5.74) is 8.98. The summed E-state index contributed by atoms with van der Waals surface area (Å²) in [5.74, 6) is 0.958. The van der Waals surface area contributed by atoms with E-state index >= 15 is 0 Å². The summed E-state index contributed by atoms with van der Waals surface area (Å²) >= 11 is 0. The van der Waals surface area contributed by atoms with Crippen LogP contribution >= 0.6 is 0 Å². The number of H-pyrrole nitrogens is 1. The second kappa shape index (κ2) is 5.29. The number of aromatic nitrogens is 2. The number of rotatable bonds is 5. The summed E-state index contributed by atoms with van der Waals surface area (Å²) in [6.45, 7) is 2.72. The molecular formula is C13H20N4. The van der Waals surface area contributed by atoms with Gasteiger partial charge in [-0.15, -0.1) is 0 Å². The fourth-order valence-electron chi connectivity index (χ4n) is 2.17. The molecule has 2 aromatic rings. The molecule has 1 atom stereocenters. The highest BCUT2D eigenvalue weighted by Crippen LogP contribution is 2.21. The van der Waals surface area contributed by atoms with Gasteiger partial charge in [0.15, 0.2) is 0 Å². The van der Waals surface area contributed by atoms with E-state index in [0.29, 0.717) is 6.04 Å². The van der Waals surface area contributed by atoms with Crippen LogP contribution in [-0.2, 0) is 0 Å². The maximum Gasteiger partial charge on any atom is 0.104 e. The van der Waals surface area contributed by atoms with Gasteiger partial charge in [-0.1, -0.05) is 6.07 Å². The Balaban J connectivity index is 2.26. The quantitative estimate of drug-likeness (QED) is 0.737. The van der Waals surface area contributed by atoms with Gasteiger partial charge in [-0.2, -0.15) is 0 Å². The molecule has 2 rings (SSSR count). The van der Waals surface area contributed by atoms with Crippen molar-refractivity contribution < 1.29 is 0 Å². The highest BCUT2D eigenvalue weighted by molar-refractivity contribution is 5.75. The fraction of sp³-hybridized carbons (Fsp3) is 0.462. The van der Waals surface area contributed by atoms with Crippen molar-refractivity contribution in [2.24, 2.45) is 5.73 Å². The molecule has 0 fully saturated rings. The molecule has 1 aromatic carbocycles. The maximum atomic E-state index is 5.56. The number of imidazole rings is 1. The Hall–Kier alpha value is -1.39. The van der Waals surface area contributed by atoms with Gasteiger partial charge >= 0.3 is 0 Å². The Bertz CT molecular complexity index is 489. The summed E-state index contributed by atoms with van der Waals surface area (Å²) in [5, 5.41) is 3.33. The van der Waals surface area contributed by atoms with Gasteiger partial charge in [0.05, 0.1) is 11.0 Å². The van der Waals surface area contributed by atoms with Gasteiger partial charge in [0, 0.05) is 6.04 Å². The third-order valence-corrected chi connectivity index (χ3v) is 3.07. The van der Waals surface area contributed by atoms with Gasteiger partial charge in [0.2, 0.25) is 0 Å². The number of nitrogens with two attached hydrogens (primary N) is 1. The lowest BCUT2D eigenvalue weighted by atomic mass is 10.0. The lowest BCUT2D eigenvalue weighted by Crippen LogP contribution is -2.17. The van der Waals surface area contributed by atoms with E-state index in [1.54, 1.807) is 0 Å². The van der Waals surface area contributed by atoms with Gasteiger partial charge in [-0.25, -0.2) is 4.98 Å². The van der Waals surface area contributed by atoms with Crippen LogP contribution in [-0.4, -0.2) is 23.6 Å². The maximum absolute atomic E-state index is 5.56. The predicted octanol–water partition coefficient (Wildman–Crippen LogP) is 1.87. The number of fused-ring (bicyclic) bond motifs is 1. The van der Waals surface area contributed by atoms with Crippen LogP contribution in [0.3, 0.4) is 0 Å². The van der Waals surface area contributed by atoms with Crippen molar-refractivity contribution >= 4 is 11.0 Å². The Morgan fingerprint density at radius 2 is 2.29 bits per heavy atom. The van der Waals surface area contributed by atoms with E-state index in [4.69, 9.17) is 5.73 Å². The lowest BCUT2D eigenvalue weighted by molar-refractivity contribution is 0.531. The van der Waals surface area contributed by atoms with Crippen molar-refractivity contribution in [1.29, 1.82) is 0 Å². The zero-order chi connectivity index (χ0) is 12.3. The number of nitrogens with zero attached hydrogens (tertiary/aromatic N) is 1.